The molecule has 1 nitrogen and oxygen atoms in total. The number of rotatable bonds is 6. The topological polar surface area (TPSA) is 3.24 Å². The molecule has 0 saturated carbocycles. The average molecular weight is 980 g/mol. The van der Waals surface area contributed by atoms with Gasteiger partial charge in [-0.2, -0.15) is 0 Å². The van der Waals surface area contributed by atoms with Crippen LogP contribution in [0.25, 0.3) is 44.5 Å². The lowest BCUT2D eigenvalue weighted by molar-refractivity contribution is 0.588. The van der Waals surface area contributed by atoms with E-state index in [1.54, 1.807) is 0 Å². The van der Waals surface area contributed by atoms with Gasteiger partial charge >= 0.3 is 0 Å². The van der Waals surface area contributed by atoms with Crippen molar-refractivity contribution in [1.29, 1.82) is 0 Å². The van der Waals surface area contributed by atoms with E-state index in [0.717, 1.165) is 29.9 Å². The summed E-state index contributed by atoms with van der Waals surface area (Å²) in [6.07, 6.45) is 2.10. The van der Waals surface area contributed by atoms with Gasteiger partial charge in [0.05, 0.1) is 11.1 Å². The molecule has 0 heterocycles. The number of anilines is 3. The molecule has 0 amide bonds. The van der Waals surface area contributed by atoms with Crippen LogP contribution in [0.5, 0.6) is 0 Å². The molecule has 0 fully saturated rings. The minimum atomic E-state index is -0.604. The van der Waals surface area contributed by atoms with Crippen LogP contribution in [0, 0.1) is 0 Å². The number of fused-ring (bicyclic) bond motifs is 13. The molecule has 370 valence electrons. The highest BCUT2D eigenvalue weighted by atomic mass is 15.1. The number of aryl methyl sites for hydroxylation is 1. The van der Waals surface area contributed by atoms with Gasteiger partial charge in [-0.3, -0.25) is 0 Å². The van der Waals surface area contributed by atoms with Crippen LogP contribution in [-0.2, 0) is 33.5 Å². The van der Waals surface area contributed by atoms with E-state index < -0.39 is 5.41 Å². The van der Waals surface area contributed by atoms with Gasteiger partial charge in [0, 0.05) is 27.8 Å². The molecule has 1 heteroatoms. The number of para-hydroxylation sites is 1. The second-order valence-corrected chi connectivity index (χ2v) is 24.8. The van der Waals surface area contributed by atoms with Crippen molar-refractivity contribution < 1.29 is 0 Å². The van der Waals surface area contributed by atoms with Gasteiger partial charge in [-0.15, -0.1) is 0 Å². The summed E-state index contributed by atoms with van der Waals surface area (Å²) in [5, 5.41) is 0. The van der Waals surface area contributed by atoms with Crippen LogP contribution >= 0.6 is 0 Å². The fraction of sp³-hybridized carbons (Fsp3) is 0.200. The molecule has 4 aliphatic rings. The summed E-state index contributed by atoms with van der Waals surface area (Å²) in [5.41, 5.74) is 29.2. The van der Waals surface area contributed by atoms with Crippen molar-refractivity contribution in [2.75, 3.05) is 4.90 Å². The number of nitrogens with zero attached hydrogens (tertiary/aromatic N) is 1. The van der Waals surface area contributed by atoms with Gasteiger partial charge in [-0.05, 0) is 160 Å². The first-order chi connectivity index (χ1) is 36.7. The Bertz CT molecular complexity index is 3920. The Balaban J connectivity index is 1.05. The lowest BCUT2D eigenvalue weighted by atomic mass is 9.67. The smallest absolute Gasteiger partial charge is 0.0714 e. The van der Waals surface area contributed by atoms with E-state index in [1.807, 2.05) is 0 Å². The van der Waals surface area contributed by atoms with Crippen molar-refractivity contribution in [3.63, 3.8) is 0 Å². The third-order valence-electron chi connectivity index (χ3n) is 18.3. The Labute approximate surface area is 450 Å². The Morgan fingerprint density at radius 1 is 0.355 bits per heavy atom. The van der Waals surface area contributed by atoms with E-state index in [4.69, 9.17) is 0 Å². The minimum Gasteiger partial charge on any atom is -0.310 e. The van der Waals surface area contributed by atoms with E-state index in [1.165, 1.54) is 111 Å². The molecule has 1 spiro atoms. The monoisotopic (exact) mass is 980 g/mol. The normalized spacial score (nSPS) is 16.8. The lowest BCUT2D eigenvalue weighted by Gasteiger charge is -2.36. The molecule has 1 atom stereocenters. The van der Waals surface area contributed by atoms with Crippen LogP contribution in [0.3, 0.4) is 0 Å². The van der Waals surface area contributed by atoms with E-state index in [-0.39, 0.29) is 21.7 Å². The van der Waals surface area contributed by atoms with Crippen LogP contribution < -0.4 is 4.90 Å². The number of benzene rings is 10. The van der Waals surface area contributed by atoms with Crippen molar-refractivity contribution in [3.05, 3.63) is 291 Å². The first-order valence-electron chi connectivity index (χ1n) is 27.6. The summed E-state index contributed by atoms with van der Waals surface area (Å²) < 4.78 is 0. The van der Waals surface area contributed by atoms with Gasteiger partial charge < -0.3 is 4.90 Å². The maximum atomic E-state index is 2.61. The third kappa shape index (κ3) is 6.51. The molecule has 0 aliphatic heterocycles. The Hall–Kier alpha value is -8.00. The summed E-state index contributed by atoms with van der Waals surface area (Å²) in [6, 6.07) is 87.0. The molecular formula is C75H65N. The average Bonchev–Trinajstić information content (AvgIpc) is 4.13. The molecular weight excluding hydrogens is 915 g/mol. The van der Waals surface area contributed by atoms with Gasteiger partial charge in [0.2, 0.25) is 0 Å². The van der Waals surface area contributed by atoms with Gasteiger partial charge in [-0.1, -0.05) is 250 Å². The van der Waals surface area contributed by atoms with Crippen molar-refractivity contribution >= 4 is 17.1 Å². The molecule has 0 saturated heterocycles. The zero-order valence-electron chi connectivity index (χ0n) is 45.2. The molecule has 0 radical (unpaired) electrons. The molecule has 76 heavy (non-hydrogen) atoms. The summed E-state index contributed by atoms with van der Waals surface area (Å²) in [7, 11) is 0. The maximum Gasteiger partial charge on any atom is 0.0714 e. The summed E-state index contributed by atoms with van der Waals surface area (Å²) >= 11 is 0. The molecule has 10 aromatic rings. The van der Waals surface area contributed by atoms with Crippen molar-refractivity contribution in [2.24, 2.45) is 0 Å². The second-order valence-electron chi connectivity index (χ2n) is 24.8. The van der Waals surface area contributed by atoms with E-state index in [9.17, 15) is 0 Å². The molecule has 0 N–H and O–H groups in total. The predicted molar refractivity (Wildman–Crippen MR) is 319 cm³/mol. The zero-order valence-corrected chi connectivity index (χ0v) is 45.2. The molecule has 4 aliphatic carbocycles. The van der Waals surface area contributed by atoms with Gasteiger partial charge in [0.25, 0.3) is 0 Å². The van der Waals surface area contributed by atoms with E-state index >= 15 is 0 Å². The fourth-order valence-electron chi connectivity index (χ4n) is 14.7. The SMILES string of the molecule is CC(C)(C)c1ccc(C2(c3ccc(C(C)(C)C)cc3)c3ccccc3-c3ccc(N(c4ccc5c(c4)C4(CCc6ccccc64)c4ccccc4-5)c4ccccc4-c4cccc5c4C(C)(C)c4ccccc4-5)cc32)cc1. The highest BCUT2D eigenvalue weighted by Crippen LogP contribution is 2.62. The minimum absolute atomic E-state index is 0.0138. The molecule has 1 unspecified atom stereocenters. The van der Waals surface area contributed by atoms with Crippen molar-refractivity contribution in [2.45, 2.75) is 95.3 Å². The second kappa shape index (κ2) is 16.5. The summed E-state index contributed by atoms with van der Waals surface area (Å²) in [6.45, 7) is 18.7. The Kier molecular flexibility index (Phi) is 10.1. The van der Waals surface area contributed by atoms with Gasteiger partial charge in [0.1, 0.15) is 0 Å². The predicted octanol–water partition coefficient (Wildman–Crippen LogP) is 19.3. The summed E-state index contributed by atoms with van der Waals surface area (Å²) in [5.74, 6) is 0. The third-order valence-corrected chi connectivity index (χ3v) is 18.3. The Morgan fingerprint density at radius 3 is 1.39 bits per heavy atom. The fourth-order valence-corrected chi connectivity index (χ4v) is 14.7. The van der Waals surface area contributed by atoms with Crippen LogP contribution in [0.15, 0.2) is 224 Å². The quantitative estimate of drug-likeness (QED) is 0.160. The zero-order chi connectivity index (χ0) is 51.9. The van der Waals surface area contributed by atoms with E-state index in [0.29, 0.717) is 0 Å². The molecule has 0 bridgehead atoms. The van der Waals surface area contributed by atoms with Gasteiger partial charge in [0.15, 0.2) is 0 Å². The standard InChI is InChI=1S/C75H65N/c1-71(2,3)49-32-36-51(37-33-49)75(52-38-34-50(35-39-52)72(4,5)6)66-30-17-12-22-56(66)59-43-41-54(47-68(59)75)76(69-31-18-13-24-60(69)62-26-19-25-61-57-23-10-15-28-64(57)73(7,8)70(61)62)53-40-42-58-55-21-11-16-29-65(55)74(67(58)46-53)45-44-48-20-9-14-27-63(48)74/h9-43,46-47H,44-45H2,1-8H3. The Morgan fingerprint density at radius 2 is 0.789 bits per heavy atom. The van der Waals surface area contributed by atoms with Crippen molar-refractivity contribution in [1.82, 2.24) is 0 Å². The van der Waals surface area contributed by atoms with E-state index in [2.05, 4.69) is 285 Å². The molecule has 14 rings (SSSR count). The number of hydrogen-bond donors (Lipinski definition) is 0. The van der Waals surface area contributed by atoms with Crippen LogP contribution in [0.1, 0.15) is 129 Å². The van der Waals surface area contributed by atoms with Crippen LogP contribution in [0.2, 0.25) is 0 Å². The van der Waals surface area contributed by atoms with Gasteiger partial charge in [-0.25, -0.2) is 0 Å². The first-order valence-corrected chi connectivity index (χ1v) is 27.6. The van der Waals surface area contributed by atoms with Crippen LogP contribution in [-0.4, -0.2) is 0 Å². The molecule has 10 aromatic carbocycles. The summed E-state index contributed by atoms with van der Waals surface area (Å²) in [4.78, 5) is 2.61. The van der Waals surface area contributed by atoms with Crippen LogP contribution in [0.4, 0.5) is 17.1 Å². The largest absolute Gasteiger partial charge is 0.310 e. The first kappa shape index (κ1) is 46.5. The maximum absolute atomic E-state index is 2.61. The lowest BCUT2D eigenvalue weighted by Crippen LogP contribution is -2.29. The molecule has 0 aromatic heterocycles. The highest BCUT2D eigenvalue weighted by Gasteiger charge is 2.50. The number of hydrogen-bond acceptors (Lipinski definition) is 1. The van der Waals surface area contributed by atoms with Crippen molar-refractivity contribution in [3.8, 4) is 44.5 Å². The highest BCUT2D eigenvalue weighted by molar-refractivity contribution is 5.97.